The molecule has 0 fully saturated rings. The van der Waals surface area contributed by atoms with Crippen molar-refractivity contribution >= 4 is 34.1 Å². The molecule has 0 bridgehead atoms. The SMILES string of the molecule is Cc1ccc(-c2nc(=S)nc(N)[nH]2)c(Br)c1. The average molecular weight is 297 g/mol. The molecule has 3 N–H and O–H groups in total. The van der Waals surface area contributed by atoms with Crippen LogP contribution < -0.4 is 5.73 Å². The Hall–Kier alpha value is -1.27. The molecule has 0 atom stereocenters. The van der Waals surface area contributed by atoms with Crippen LogP contribution in [-0.2, 0) is 0 Å². The number of nitrogen functional groups attached to an aromatic ring is 1. The van der Waals surface area contributed by atoms with Gasteiger partial charge in [-0.2, -0.15) is 4.98 Å². The van der Waals surface area contributed by atoms with E-state index in [0.29, 0.717) is 5.82 Å². The molecule has 4 nitrogen and oxygen atoms in total. The molecule has 0 amide bonds. The molecule has 1 heterocycles. The van der Waals surface area contributed by atoms with Crippen LogP contribution in [-0.4, -0.2) is 15.0 Å². The highest BCUT2D eigenvalue weighted by molar-refractivity contribution is 9.10. The van der Waals surface area contributed by atoms with Crippen molar-refractivity contribution in [2.75, 3.05) is 5.73 Å². The molecule has 1 aromatic heterocycles. The zero-order chi connectivity index (χ0) is 11.7. The highest BCUT2D eigenvalue weighted by Crippen LogP contribution is 2.26. The fraction of sp³-hybridized carbons (Fsp3) is 0.100. The molecule has 0 aliphatic heterocycles. The van der Waals surface area contributed by atoms with Gasteiger partial charge < -0.3 is 10.7 Å². The molecular formula is C10H9BrN4S. The van der Waals surface area contributed by atoms with Gasteiger partial charge in [-0.15, -0.1) is 0 Å². The predicted octanol–water partition coefficient (Wildman–Crippen LogP) is 2.85. The third-order valence-corrected chi connectivity index (χ3v) is 2.89. The summed E-state index contributed by atoms with van der Waals surface area (Å²) >= 11 is 8.40. The molecule has 0 radical (unpaired) electrons. The molecule has 16 heavy (non-hydrogen) atoms. The summed E-state index contributed by atoms with van der Waals surface area (Å²) in [6.45, 7) is 2.02. The summed E-state index contributed by atoms with van der Waals surface area (Å²) in [4.78, 5) is 10.8. The van der Waals surface area contributed by atoms with E-state index in [-0.39, 0.29) is 10.7 Å². The van der Waals surface area contributed by atoms with Gasteiger partial charge >= 0.3 is 0 Å². The first-order valence-electron chi connectivity index (χ1n) is 4.56. The Morgan fingerprint density at radius 3 is 2.75 bits per heavy atom. The van der Waals surface area contributed by atoms with Crippen LogP contribution in [0.25, 0.3) is 11.4 Å². The third kappa shape index (κ3) is 2.28. The van der Waals surface area contributed by atoms with Crippen molar-refractivity contribution in [3.8, 4) is 11.4 Å². The lowest BCUT2D eigenvalue weighted by Crippen LogP contribution is -2.00. The maximum Gasteiger partial charge on any atom is 0.224 e. The third-order valence-electron chi connectivity index (χ3n) is 2.05. The molecule has 0 aliphatic rings. The van der Waals surface area contributed by atoms with E-state index in [1.165, 1.54) is 0 Å². The number of aromatic amines is 1. The first-order chi connectivity index (χ1) is 7.56. The first kappa shape index (κ1) is 11.2. The molecule has 6 heteroatoms. The molecule has 82 valence electrons. The smallest absolute Gasteiger partial charge is 0.224 e. The molecule has 0 unspecified atom stereocenters. The van der Waals surface area contributed by atoms with Crippen LogP contribution >= 0.6 is 28.1 Å². The minimum Gasteiger partial charge on any atom is -0.369 e. The number of nitrogens with two attached hydrogens (primary N) is 1. The molecular weight excluding hydrogens is 288 g/mol. The van der Waals surface area contributed by atoms with Crippen LogP contribution in [0.3, 0.4) is 0 Å². The minimum absolute atomic E-state index is 0.235. The molecule has 0 aliphatic carbocycles. The summed E-state index contributed by atoms with van der Waals surface area (Å²) in [6, 6.07) is 5.95. The second-order valence-corrected chi connectivity index (χ2v) is 4.57. The Bertz CT molecular complexity index is 594. The van der Waals surface area contributed by atoms with Crippen molar-refractivity contribution < 1.29 is 0 Å². The molecule has 0 saturated heterocycles. The van der Waals surface area contributed by atoms with Gasteiger partial charge in [0.05, 0.1) is 0 Å². The number of nitrogens with zero attached hydrogens (tertiary/aromatic N) is 2. The topological polar surface area (TPSA) is 67.6 Å². The Morgan fingerprint density at radius 2 is 2.12 bits per heavy atom. The van der Waals surface area contributed by atoms with E-state index >= 15 is 0 Å². The minimum atomic E-state index is 0.235. The number of rotatable bonds is 1. The van der Waals surface area contributed by atoms with Crippen LogP contribution in [0.5, 0.6) is 0 Å². The second kappa shape index (κ2) is 4.31. The van der Waals surface area contributed by atoms with Crippen LogP contribution in [0.2, 0.25) is 0 Å². The number of hydrogen-bond acceptors (Lipinski definition) is 4. The van der Waals surface area contributed by atoms with E-state index in [4.69, 9.17) is 18.0 Å². The number of halogens is 1. The first-order valence-corrected chi connectivity index (χ1v) is 5.77. The van der Waals surface area contributed by atoms with Gasteiger partial charge in [0.15, 0.2) is 0 Å². The molecule has 2 aromatic rings. The van der Waals surface area contributed by atoms with E-state index in [1.807, 2.05) is 25.1 Å². The zero-order valence-electron chi connectivity index (χ0n) is 8.49. The maximum atomic E-state index is 5.59. The van der Waals surface area contributed by atoms with E-state index in [1.54, 1.807) is 0 Å². The van der Waals surface area contributed by atoms with Crippen LogP contribution in [0.15, 0.2) is 22.7 Å². The summed E-state index contributed by atoms with van der Waals surface area (Å²) in [5.41, 5.74) is 7.66. The van der Waals surface area contributed by atoms with Crippen LogP contribution in [0, 0.1) is 11.7 Å². The Labute approximate surface area is 106 Å². The van der Waals surface area contributed by atoms with Crippen molar-refractivity contribution in [1.29, 1.82) is 0 Å². The lowest BCUT2D eigenvalue weighted by atomic mass is 10.1. The quantitative estimate of drug-likeness (QED) is 0.794. The van der Waals surface area contributed by atoms with E-state index < -0.39 is 0 Å². The van der Waals surface area contributed by atoms with Gasteiger partial charge in [0.2, 0.25) is 10.7 Å². The largest absolute Gasteiger partial charge is 0.369 e. The fourth-order valence-corrected chi connectivity index (χ4v) is 2.21. The van der Waals surface area contributed by atoms with Crippen LogP contribution in [0.4, 0.5) is 5.95 Å². The number of aryl methyl sites for hydroxylation is 1. The van der Waals surface area contributed by atoms with Gasteiger partial charge in [0.1, 0.15) is 5.82 Å². The van der Waals surface area contributed by atoms with Crippen molar-refractivity contribution in [2.45, 2.75) is 6.92 Å². The van der Waals surface area contributed by atoms with Crippen LogP contribution in [0.1, 0.15) is 5.56 Å². The Morgan fingerprint density at radius 1 is 1.38 bits per heavy atom. The summed E-state index contributed by atoms with van der Waals surface area (Å²) in [6.07, 6.45) is 0. The van der Waals surface area contributed by atoms with Gasteiger partial charge in [0.25, 0.3) is 0 Å². The van der Waals surface area contributed by atoms with E-state index in [0.717, 1.165) is 15.6 Å². The highest BCUT2D eigenvalue weighted by atomic mass is 79.9. The van der Waals surface area contributed by atoms with Crippen molar-refractivity contribution in [3.63, 3.8) is 0 Å². The number of aromatic nitrogens is 3. The second-order valence-electron chi connectivity index (χ2n) is 3.35. The summed E-state index contributed by atoms with van der Waals surface area (Å²) in [5.74, 6) is 0.881. The Kier molecular flexibility index (Phi) is 3.02. The lowest BCUT2D eigenvalue weighted by Gasteiger charge is -2.05. The van der Waals surface area contributed by atoms with Gasteiger partial charge in [-0.05, 0) is 36.8 Å². The number of H-pyrrole nitrogens is 1. The Balaban J connectivity index is 2.63. The lowest BCUT2D eigenvalue weighted by molar-refractivity contribution is 1.05. The van der Waals surface area contributed by atoms with Gasteiger partial charge in [0, 0.05) is 10.0 Å². The molecule has 2 rings (SSSR count). The standard InChI is InChI=1S/C10H9BrN4S/c1-5-2-3-6(7(11)4-5)8-13-9(12)15-10(16)14-8/h2-4H,1H3,(H3,12,13,14,15,16). The maximum absolute atomic E-state index is 5.59. The van der Waals surface area contributed by atoms with Crippen molar-refractivity contribution in [2.24, 2.45) is 0 Å². The van der Waals surface area contributed by atoms with E-state index in [9.17, 15) is 0 Å². The molecule has 1 aromatic carbocycles. The van der Waals surface area contributed by atoms with Gasteiger partial charge in [-0.1, -0.05) is 22.0 Å². The van der Waals surface area contributed by atoms with Gasteiger partial charge in [-0.3, -0.25) is 0 Å². The number of anilines is 1. The van der Waals surface area contributed by atoms with Crippen molar-refractivity contribution in [3.05, 3.63) is 33.0 Å². The number of hydrogen-bond donors (Lipinski definition) is 2. The zero-order valence-corrected chi connectivity index (χ0v) is 10.9. The average Bonchev–Trinajstić information content (AvgIpc) is 2.15. The summed E-state index contributed by atoms with van der Waals surface area (Å²) in [5, 5.41) is 0. The fourth-order valence-electron chi connectivity index (χ4n) is 1.34. The van der Waals surface area contributed by atoms with Crippen molar-refractivity contribution in [1.82, 2.24) is 15.0 Å². The summed E-state index contributed by atoms with van der Waals surface area (Å²) < 4.78 is 1.18. The number of nitrogens with one attached hydrogen (secondary N) is 1. The normalized spacial score (nSPS) is 10.4. The van der Waals surface area contributed by atoms with E-state index in [2.05, 4.69) is 30.9 Å². The molecule has 0 saturated carbocycles. The highest BCUT2D eigenvalue weighted by Gasteiger charge is 2.06. The predicted molar refractivity (Wildman–Crippen MR) is 69.5 cm³/mol. The molecule has 0 spiro atoms. The van der Waals surface area contributed by atoms with Gasteiger partial charge in [-0.25, -0.2) is 4.98 Å². The summed E-state index contributed by atoms with van der Waals surface area (Å²) in [7, 11) is 0. The number of benzene rings is 1. The monoisotopic (exact) mass is 296 g/mol.